The summed E-state index contributed by atoms with van der Waals surface area (Å²) in [6, 6.07) is 10.0. The minimum absolute atomic E-state index is 0.206. The third-order valence-electron chi connectivity index (χ3n) is 5.33. The first kappa shape index (κ1) is 22.7. The van der Waals surface area contributed by atoms with Crippen molar-refractivity contribution in [2.75, 3.05) is 32.8 Å². The van der Waals surface area contributed by atoms with Crippen LogP contribution in [0.4, 0.5) is 5.69 Å². The summed E-state index contributed by atoms with van der Waals surface area (Å²) < 4.78 is 18.8. The molecule has 0 aliphatic carbocycles. The molecule has 1 aromatic heterocycles. The normalized spacial score (nSPS) is 14.4. The molecule has 0 N–H and O–H groups in total. The second-order valence-corrected chi connectivity index (χ2v) is 8.30. The Morgan fingerprint density at radius 3 is 2.24 bits per heavy atom. The molecule has 0 bridgehead atoms. The Balaban J connectivity index is 1.72. The number of anilines is 1. The molecule has 4 rings (SSSR count). The van der Waals surface area contributed by atoms with Crippen molar-refractivity contribution >= 4 is 45.0 Å². The SMILES string of the molecule is COCCn1c(=NC(=O)c2ccc(N3C(=O)CCC3=O)cc2)sc2cc(OC)c(OC)cc21. The molecule has 10 heteroatoms. The fourth-order valence-electron chi connectivity index (χ4n) is 3.65. The van der Waals surface area contributed by atoms with Crippen molar-refractivity contribution in [3.8, 4) is 11.5 Å². The summed E-state index contributed by atoms with van der Waals surface area (Å²) in [7, 11) is 4.74. The highest BCUT2D eigenvalue weighted by molar-refractivity contribution is 7.16. The van der Waals surface area contributed by atoms with Gasteiger partial charge in [-0.05, 0) is 24.3 Å². The fourth-order valence-corrected chi connectivity index (χ4v) is 4.71. The van der Waals surface area contributed by atoms with Gasteiger partial charge in [-0.1, -0.05) is 11.3 Å². The van der Waals surface area contributed by atoms with Crippen LogP contribution in [0.5, 0.6) is 11.5 Å². The molecule has 1 fully saturated rings. The third-order valence-corrected chi connectivity index (χ3v) is 6.37. The summed E-state index contributed by atoms with van der Waals surface area (Å²) in [4.78, 5) is 42.8. The number of aromatic nitrogens is 1. The van der Waals surface area contributed by atoms with Crippen molar-refractivity contribution < 1.29 is 28.6 Å². The van der Waals surface area contributed by atoms with Crippen LogP contribution in [0.25, 0.3) is 10.2 Å². The maximum Gasteiger partial charge on any atom is 0.279 e. The number of nitrogens with zero attached hydrogens (tertiary/aromatic N) is 3. The minimum atomic E-state index is -0.433. The van der Waals surface area contributed by atoms with Crippen molar-refractivity contribution in [2.45, 2.75) is 19.4 Å². The first-order valence-corrected chi connectivity index (χ1v) is 11.1. The van der Waals surface area contributed by atoms with Gasteiger partial charge in [0.1, 0.15) is 0 Å². The van der Waals surface area contributed by atoms with Crippen LogP contribution in [0.15, 0.2) is 41.4 Å². The van der Waals surface area contributed by atoms with E-state index in [1.165, 1.54) is 11.3 Å². The lowest BCUT2D eigenvalue weighted by Crippen LogP contribution is -2.28. The van der Waals surface area contributed by atoms with Crippen LogP contribution < -0.4 is 19.2 Å². The summed E-state index contributed by atoms with van der Waals surface area (Å²) in [5.74, 6) is 0.258. The Morgan fingerprint density at radius 2 is 1.64 bits per heavy atom. The van der Waals surface area contributed by atoms with Crippen LogP contribution in [0.3, 0.4) is 0 Å². The number of carbonyl (C=O) groups is 3. The van der Waals surface area contributed by atoms with Crippen LogP contribution >= 0.6 is 11.3 Å². The Bertz CT molecular complexity index is 1280. The first-order valence-electron chi connectivity index (χ1n) is 10.3. The standard InChI is InChI=1S/C23H23N3O6S/c1-30-11-10-25-16-12-17(31-2)18(32-3)13-19(16)33-23(25)24-22(29)14-4-6-15(7-5-14)26-20(27)8-9-21(26)28/h4-7,12-13H,8-11H2,1-3H3. The third kappa shape index (κ3) is 4.39. The zero-order valence-electron chi connectivity index (χ0n) is 18.5. The number of rotatable bonds is 7. The zero-order valence-corrected chi connectivity index (χ0v) is 19.3. The Hall–Kier alpha value is -3.50. The highest BCUT2D eigenvalue weighted by atomic mass is 32.1. The van der Waals surface area contributed by atoms with E-state index in [2.05, 4.69) is 4.99 Å². The summed E-state index contributed by atoms with van der Waals surface area (Å²) in [5.41, 5.74) is 1.65. The fraction of sp³-hybridized carbons (Fsp3) is 0.304. The van der Waals surface area contributed by atoms with Gasteiger partial charge in [0.25, 0.3) is 5.91 Å². The average molecular weight is 470 g/mol. The van der Waals surface area contributed by atoms with E-state index in [0.717, 1.165) is 15.1 Å². The Kier molecular flexibility index (Phi) is 6.57. The van der Waals surface area contributed by atoms with Gasteiger partial charge in [0.05, 0.1) is 36.7 Å². The molecule has 0 spiro atoms. The minimum Gasteiger partial charge on any atom is -0.493 e. The Labute approximate surface area is 193 Å². The van der Waals surface area contributed by atoms with Crippen molar-refractivity contribution in [3.63, 3.8) is 0 Å². The monoisotopic (exact) mass is 469 g/mol. The summed E-state index contributed by atoms with van der Waals surface area (Å²) in [6.07, 6.45) is 0.412. The number of fused-ring (bicyclic) bond motifs is 1. The molecule has 2 aromatic carbocycles. The summed E-state index contributed by atoms with van der Waals surface area (Å²) in [5, 5.41) is 0. The largest absolute Gasteiger partial charge is 0.493 e. The van der Waals surface area contributed by atoms with E-state index in [1.807, 2.05) is 16.7 Å². The van der Waals surface area contributed by atoms with E-state index in [0.29, 0.717) is 40.7 Å². The number of thiazole rings is 1. The van der Waals surface area contributed by atoms with Crippen LogP contribution in [0.1, 0.15) is 23.2 Å². The molecule has 3 amide bonds. The Morgan fingerprint density at radius 1 is 1.00 bits per heavy atom. The number of imide groups is 1. The van der Waals surface area contributed by atoms with Crippen LogP contribution in [0.2, 0.25) is 0 Å². The molecule has 0 unspecified atom stereocenters. The van der Waals surface area contributed by atoms with Crippen molar-refractivity contribution in [2.24, 2.45) is 4.99 Å². The predicted molar refractivity (Wildman–Crippen MR) is 123 cm³/mol. The first-order chi connectivity index (χ1) is 16.0. The number of hydrogen-bond donors (Lipinski definition) is 0. The molecule has 1 aliphatic heterocycles. The molecule has 9 nitrogen and oxygen atoms in total. The molecular formula is C23H23N3O6S. The van der Waals surface area contributed by atoms with Crippen molar-refractivity contribution in [1.82, 2.24) is 4.57 Å². The number of amides is 3. The molecule has 0 radical (unpaired) electrons. The van der Waals surface area contributed by atoms with Gasteiger partial charge in [0.2, 0.25) is 11.8 Å². The van der Waals surface area contributed by atoms with E-state index >= 15 is 0 Å². The van der Waals surface area contributed by atoms with Gasteiger partial charge in [-0.15, -0.1) is 0 Å². The van der Waals surface area contributed by atoms with Gasteiger partial charge in [-0.2, -0.15) is 4.99 Å². The van der Waals surface area contributed by atoms with Gasteiger partial charge in [0.15, 0.2) is 16.3 Å². The topological polar surface area (TPSA) is 99.4 Å². The molecule has 2 heterocycles. The summed E-state index contributed by atoms with van der Waals surface area (Å²) >= 11 is 1.36. The number of hydrogen-bond acceptors (Lipinski definition) is 7. The highest BCUT2D eigenvalue weighted by Crippen LogP contribution is 2.33. The second-order valence-electron chi connectivity index (χ2n) is 7.29. The van der Waals surface area contributed by atoms with E-state index in [-0.39, 0.29) is 24.7 Å². The van der Waals surface area contributed by atoms with Gasteiger partial charge < -0.3 is 18.8 Å². The van der Waals surface area contributed by atoms with Gasteiger partial charge in [-0.25, -0.2) is 0 Å². The lowest BCUT2D eigenvalue weighted by molar-refractivity contribution is -0.121. The van der Waals surface area contributed by atoms with E-state index in [4.69, 9.17) is 14.2 Å². The molecule has 1 aliphatic rings. The lowest BCUT2D eigenvalue weighted by atomic mass is 10.2. The molecule has 172 valence electrons. The molecule has 0 saturated carbocycles. The maximum atomic E-state index is 12.9. The van der Waals surface area contributed by atoms with Gasteiger partial charge in [-0.3, -0.25) is 19.3 Å². The quantitative estimate of drug-likeness (QED) is 0.494. The lowest BCUT2D eigenvalue weighted by Gasteiger charge is -2.13. The van der Waals surface area contributed by atoms with Crippen LogP contribution in [-0.4, -0.2) is 50.2 Å². The zero-order chi connectivity index (χ0) is 23.5. The summed E-state index contributed by atoms with van der Waals surface area (Å²) in [6.45, 7) is 0.935. The molecule has 1 saturated heterocycles. The van der Waals surface area contributed by atoms with E-state index < -0.39 is 5.91 Å². The number of benzene rings is 2. The molecule has 33 heavy (non-hydrogen) atoms. The molecule has 0 atom stereocenters. The van der Waals surface area contributed by atoms with Crippen molar-refractivity contribution in [3.05, 3.63) is 46.8 Å². The van der Waals surface area contributed by atoms with Crippen LogP contribution in [0, 0.1) is 0 Å². The van der Waals surface area contributed by atoms with Crippen molar-refractivity contribution in [1.29, 1.82) is 0 Å². The molecular weight excluding hydrogens is 446 g/mol. The maximum absolute atomic E-state index is 12.9. The number of methoxy groups -OCH3 is 3. The number of ether oxygens (including phenoxy) is 3. The van der Waals surface area contributed by atoms with Crippen LogP contribution in [-0.2, 0) is 20.9 Å². The van der Waals surface area contributed by atoms with E-state index in [1.54, 1.807) is 45.6 Å². The molecule has 3 aromatic rings. The van der Waals surface area contributed by atoms with Gasteiger partial charge in [0, 0.05) is 44.2 Å². The number of carbonyl (C=O) groups excluding carboxylic acids is 3. The average Bonchev–Trinajstić information content (AvgIpc) is 3.34. The smallest absolute Gasteiger partial charge is 0.279 e. The highest BCUT2D eigenvalue weighted by Gasteiger charge is 2.30. The predicted octanol–water partition coefficient (Wildman–Crippen LogP) is 2.76. The van der Waals surface area contributed by atoms with E-state index in [9.17, 15) is 14.4 Å². The second kappa shape index (κ2) is 9.55. The van der Waals surface area contributed by atoms with Gasteiger partial charge >= 0.3 is 0 Å².